The zero-order valence-electron chi connectivity index (χ0n) is 14.9. The Bertz CT molecular complexity index is 803. The Morgan fingerprint density at radius 2 is 1.56 bits per heavy atom. The molecule has 2 aromatic carbocycles. The minimum absolute atomic E-state index is 0.201. The Balaban J connectivity index is 2.41. The highest BCUT2D eigenvalue weighted by Crippen LogP contribution is 2.33. The van der Waals surface area contributed by atoms with Crippen LogP contribution in [0.1, 0.15) is 13.8 Å². The lowest BCUT2D eigenvalue weighted by atomic mass is 10.2. The molecule has 0 saturated carbocycles. The van der Waals surface area contributed by atoms with Crippen LogP contribution in [0.4, 0.5) is 5.69 Å². The number of methoxy groups -OCH3 is 2. The molecule has 0 saturated heterocycles. The largest absolute Gasteiger partial charge is 0.494 e. The van der Waals surface area contributed by atoms with E-state index in [9.17, 15) is 8.42 Å². The van der Waals surface area contributed by atoms with Crippen LogP contribution in [-0.4, -0.2) is 35.8 Å². The van der Waals surface area contributed by atoms with Gasteiger partial charge in [-0.15, -0.1) is 0 Å². The van der Waals surface area contributed by atoms with E-state index in [0.717, 1.165) is 0 Å². The molecule has 7 heteroatoms. The van der Waals surface area contributed by atoms with E-state index in [2.05, 4.69) is 0 Å². The number of anilines is 1. The summed E-state index contributed by atoms with van der Waals surface area (Å²) in [7, 11) is -0.653. The van der Waals surface area contributed by atoms with Gasteiger partial charge in [-0.3, -0.25) is 4.31 Å². The van der Waals surface area contributed by atoms with Crippen LogP contribution < -0.4 is 18.5 Å². The van der Waals surface area contributed by atoms with Crippen molar-refractivity contribution in [3.05, 3.63) is 42.5 Å². The van der Waals surface area contributed by atoms with Crippen LogP contribution >= 0.6 is 0 Å². The molecule has 0 N–H and O–H groups in total. The Morgan fingerprint density at radius 3 is 2.08 bits per heavy atom. The highest BCUT2D eigenvalue weighted by atomic mass is 32.2. The summed E-state index contributed by atoms with van der Waals surface area (Å²) >= 11 is 0. The Kier molecular flexibility index (Phi) is 6.14. The van der Waals surface area contributed by atoms with Crippen LogP contribution in [0.5, 0.6) is 17.2 Å². The number of sulfonamides is 1. The van der Waals surface area contributed by atoms with Gasteiger partial charge in [0.25, 0.3) is 10.0 Å². The van der Waals surface area contributed by atoms with Gasteiger partial charge in [-0.1, -0.05) is 0 Å². The number of benzene rings is 2. The van der Waals surface area contributed by atoms with Crippen LogP contribution in [0.3, 0.4) is 0 Å². The van der Waals surface area contributed by atoms with Crippen LogP contribution in [-0.2, 0) is 10.0 Å². The van der Waals surface area contributed by atoms with Crippen LogP contribution in [0.2, 0.25) is 0 Å². The lowest BCUT2D eigenvalue weighted by Crippen LogP contribution is -2.30. The van der Waals surface area contributed by atoms with Crippen molar-refractivity contribution in [3.8, 4) is 17.2 Å². The van der Waals surface area contributed by atoms with Crippen molar-refractivity contribution in [2.24, 2.45) is 0 Å². The molecule has 0 aromatic heterocycles. The number of nitrogens with zero attached hydrogens (tertiary/aromatic N) is 1. The van der Waals surface area contributed by atoms with Gasteiger partial charge in [-0.2, -0.15) is 0 Å². The molecule has 136 valence electrons. The zero-order valence-corrected chi connectivity index (χ0v) is 15.7. The van der Waals surface area contributed by atoms with Crippen molar-refractivity contribution in [2.75, 3.05) is 31.7 Å². The number of hydrogen-bond acceptors (Lipinski definition) is 5. The normalized spacial score (nSPS) is 11.0. The van der Waals surface area contributed by atoms with Gasteiger partial charge >= 0.3 is 0 Å². The van der Waals surface area contributed by atoms with E-state index in [1.807, 2.05) is 6.92 Å². The van der Waals surface area contributed by atoms with Crippen molar-refractivity contribution in [3.63, 3.8) is 0 Å². The topological polar surface area (TPSA) is 65.1 Å². The van der Waals surface area contributed by atoms with Gasteiger partial charge in [0.15, 0.2) is 11.5 Å². The third-order valence-corrected chi connectivity index (χ3v) is 5.58. The van der Waals surface area contributed by atoms with Gasteiger partial charge < -0.3 is 14.2 Å². The van der Waals surface area contributed by atoms with Gasteiger partial charge in [-0.05, 0) is 50.2 Å². The predicted molar refractivity (Wildman–Crippen MR) is 97.4 cm³/mol. The summed E-state index contributed by atoms with van der Waals surface area (Å²) in [5.74, 6) is 1.65. The van der Waals surface area contributed by atoms with E-state index in [0.29, 0.717) is 29.5 Å². The molecule has 25 heavy (non-hydrogen) atoms. The van der Waals surface area contributed by atoms with E-state index >= 15 is 0 Å². The third kappa shape index (κ3) is 3.99. The highest BCUT2D eigenvalue weighted by Gasteiger charge is 2.24. The molecule has 0 fully saturated rings. The zero-order chi connectivity index (χ0) is 18.4. The summed E-state index contributed by atoms with van der Waals surface area (Å²) in [6, 6.07) is 11.4. The average Bonchev–Trinajstić information content (AvgIpc) is 2.62. The standard InChI is InChI=1S/C18H23NO5S/c1-5-19(14-7-12-17(22-3)18(13-14)23-4)25(20,21)16-10-8-15(9-11-16)24-6-2/h7-13H,5-6H2,1-4H3. The van der Waals surface area contributed by atoms with Gasteiger partial charge in [0.1, 0.15) is 5.75 Å². The molecule has 0 bridgehead atoms. The fourth-order valence-electron chi connectivity index (χ4n) is 2.47. The first kappa shape index (κ1) is 18.9. The molecular weight excluding hydrogens is 342 g/mol. The lowest BCUT2D eigenvalue weighted by molar-refractivity contribution is 0.340. The average molecular weight is 365 g/mol. The molecule has 2 aromatic rings. The number of hydrogen-bond donors (Lipinski definition) is 0. The first-order chi connectivity index (χ1) is 12.0. The first-order valence-corrected chi connectivity index (χ1v) is 9.39. The molecule has 0 heterocycles. The second kappa shape index (κ2) is 8.11. The SMILES string of the molecule is CCOc1ccc(S(=O)(=O)N(CC)c2ccc(OC)c(OC)c2)cc1. The second-order valence-electron chi connectivity index (χ2n) is 5.11. The Labute approximate surface area is 149 Å². The molecule has 0 unspecified atom stereocenters. The maximum Gasteiger partial charge on any atom is 0.264 e. The van der Waals surface area contributed by atoms with Gasteiger partial charge in [0, 0.05) is 12.6 Å². The maximum atomic E-state index is 13.0. The van der Waals surface area contributed by atoms with E-state index in [4.69, 9.17) is 14.2 Å². The van der Waals surface area contributed by atoms with E-state index < -0.39 is 10.0 Å². The molecule has 0 spiro atoms. The first-order valence-electron chi connectivity index (χ1n) is 7.95. The van der Waals surface area contributed by atoms with Crippen molar-refractivity contribution in [2.45, 2.75) is 18.7 Å². The Hall–Kier alpha value is -2.41. The molecule has 6 nitrogen and oxygen atoms in total. The van der Waals surface area contributed by atoms with Crippen molar-refractivity contribution < 1.29 is 22.6 Å². The molecule has 0 aliphatic carbocycles. The Morgan fingerprint density at radius 1 is 0.920 bits per heavy atom. The molecule has 0 amide bonds. The summed E-state index contributed by atoms with van der Waals surface area (Å²) in [5.41, 5.74) is 0.508. The summed E-state index contributed by atoms with van der Waals surface area (Å²) in [4.78, 5) is 0.201. The van der Waals surface area contributed by atoms with Gasteiger partial charge in [0.05, 0.1) is 31.4 Å². The predicted octanol–water partition coefficient (Wildman–Crippen LogP) is 3.32. The minimum Gasteiger partial charge on any atom is -0.494 e. The molecule has 2 rings (SSSR count). The third-order valence-electron chi connectivity index (χ3n) is 3.67. The minimum atomic E-state index is -3.70. The van der Waals surface area contributed by atoms with Crippen LogP contribution in [0.25, 0.3) is 0 Å². The lowest BCUT2D eigenvalue weighted by Gasteiger charge is -2.24. The molecular formula is C18H23NO5S. The summed E-state index contributed by atoms with van der Waals surface area (Å²) in [5, 5.41) is 0. The van der Waals surface area contributed by atoms with E-state index in [1.54, 1.807) is 49.4 Å². The molecule has 0 aliphatic heterocycles. The highest BCUT2D eigenvalue weighted by molar-refractivity contribution is 7.92. The van der Waals surface area contributed by atoms with Crippen molar-refractivity contribution >= 4 is 15.7 Å². The molecule has 0 atom stereocenters. The van der Waals surface area contributed by atoms with E-state index in [-0.39, 0.29) is 11.4 Å². The monoisotopic (exact) mass is 365 g/mol. The summed E-state index contributed by atoms with van der Waals surface area (Å²) in [6.45, 7) is 4.47. The smallest absolute Gasteiger partial charge is 0.264 e. The molecule has 0 aliphatic rings. The van der Waals surface area contributed by atoms with Gasteiger partial charge in [0.2, 0.25) is 0 Å². The van der Waals surface area contributed by atoms with Gasteiger partial charge in [-0.25, -0.2) is 8.42 Å². The summed E-state index contributed by atoms with van der Waals surface area (Å²) < 4.78 is 43.2. The fraction of sp³-hybridized carbons (Fsp3) is 0.333. The quantitative estimate of drug-likeness (QED) is 0.718. The molecule has 0 radical (unpaired) electrons. The summed E-state index contributed by atoms with van der Waals surface area (Å²) in [6.07, 6.45) is 0. The number of ether oxygens (including phenoxy) is 3. The van der Waals surface area contributed by atoms with Crippen LogP contribution in [0, 0.1) is 0 Å². The second-order valence-corrected chi connectivity index (χ2v) is 6.98. The number of rotatable bonds is 8. The van der Waals surface area contributed by atoms with Crippen LogP contribution in [0.15, 0.2) is 47.4 Å². The van der Waals surface area contributed by atoms with Crippen molar-refractivity contribution in [1.82, 2.24) is 0 Å². The maximum absolute atomic E-state index is 13.0. The van der Waals surface area contributed by atoms with E-state index in [1.165, 1.54) is 18.5 Å². The van der Waals surface area contributed by atoms with Crippen molar-refractivity contribution in [1.29, 1.82) is 0 Å². The fourth-order valence-corrected chi connectivity index (χ4v) is 3.94.